The van der Waals surface area contributed by atoms with Gasteiger partial charge in [-0.15, -0.1) is 11.3 Å². The van der Waals surface area contributed by atoms with E-state index in [1.54, 1.807) is 0 Å². The first-order chi connectivity index (χ1) is 27.8. The molecular formula is C51H32N4S. The lowest BCUT2D eigenvalue weighted by Gasteiger charge is -2.14. The van der Waals surface area contributed by atoms with Crippen molar-refractivity contribution in [3.63, 3.8) is 0 Å². The number of thiophene rings is 1. The Balaban J connectivity index is 1.20. The van der Waals surface area contributed by atoms with Crippen molar-refractivity contribution in [1.82, 2.24) is 19.5 Å². The normalized spacial score (nSPS) is 11.6. The molecule has 0 bridgehead atoms. The van der Waals surface area contributed by atoms with Gasteiger partial charge in [0, 0.05) is 54.2 Å². The molecule has 3 aromatic heterocycles. The van der Waals surface area contributed by atoms with Crippen LogP contribution in [0.2, 0.25) is 0 Å². The van der Waals surface area contributed by atoms with Crippen molar-refractivity contribution >= 4 is 53.3 Å². The maximum atomic E-state index is 5.23. The van der Waals surface area contributed by atoms with Crippen molar-refractivity contribution in [2.45, 2.75) is 0 Å². The van der Waals surface area contributed by atoms with Gasteiger partial charge in [0.15, 0.2) is 17.5 Å². The molecule has 3 heterocycles. The standard InChI is InChI=1S/C51H32N4S/c1-5-16-33(17-6-1)36-28-29-38(44(32-36)51-53-49(34-18-7-2-8-19-34)52-50(54-51)35-20-9-3-10-21-35)41-25-15-26-42-43-31-30-40-39-24-13-14-27-45(39)55(37-22-11-4-12-23-37)46(40)48(43)56-47(41)42/h1-32H. The van der Waals surface area contributed by atoms with E-state index >= 15 is 0 Å². The van der Waals surface area contributed by atoms with Gasteiger partial charge < -0.3 is 4.57 Å². The van der Waals surface area contributed by atoms with Gasteiger partial charge in [-0.2, -0.15) is 0 Å². The highest BCUT2D eigenvalue weighted by molar-refractivity contribution is 7.27. The molecule has 262 valence electrons. The Labute approximate surface area is 327 Å². The SMILES string of the molecule is c1ccc(-c2ccc(-c3cccc4c3sc3c4ccc4c5ccccc5n(-c5ccccc5)c43)c(-c3nc(-c4ccccc4)nc(-c4ccccc4)n3)c2)cc1. The maximum absolute atomic E-state index is 5.23. The molecule has 0 aliphatic carbocycles. The molecule has 5 heteroatoms. The van der Waals surface area contributed by atoms with E-state index in [4.69, 9.17) is 15.0 Å². The van der Waals surface area contributed by atoms with E-state index in [-0.39, 0.29) is 0 Å². The predicted octanol–water partition coefficient (Wildman–Crippen LogP) is 13.7. The monoisotopic (exact) mass is 732 g/mol. The Morgan fingerprint density at radius 3 is 1.59 bits per heavy atom. The van der Waals surface area contributed by atoms with E-state index in [9.17, 15) is 0 Å². The first-order valence-electron chi connectivity index (χ1n) is 18.8. The van der Waals surface area contributed by atoms with Crippen molar-refractivity contribution in [1.29, 1.82) is 0 Å². The van der Waals surface area contributed by atoms with E-state index in [1.807, 2.05) is 47.7 Å². The number of para-hydroxylation sites is 2. The van der Waals surface area contributed by atoms with Crippen LogP contribution in [-0.4, -0.2) is 19.5 Å². The third-order valence-electron chi connectivity index (χ3n) is 10.7. The summed E-state index contributed by atoms with van der Waals surface area (Å²) >= 11 is 1.87. The summed E-state index contributed by atoms with van der Waals surface area (Å²) in [6, 6.07) is 68.4. The summed E-state index contributed by atoms with van der Waals surface area (Å²) in [6.45, 7) is 0. The first kappa shape index (κ1) is 32.2. The van der Waals surface area contributed by atoms with Gasteiger partial charge in [-0.05, 0) is 41.0 Å². The van der Waals surface area contributed by atoms with Gasteiger partial charge >= 0.3 is 0 Å². The highest BCUT2D eigenvalue weighted by Gasteiger charge is 2.22. The molecule has 0 atom stereocenters. The lowest BCUT2D eigenvalue weighted by Crippen LogP contribution is -2.01. The summed E-state index contributed by atoms with van der Waals surface area (Å²) in [5.74, 6) is 1.92. The molecule has 0 saturated carbocycles. The van der Waals surface area contributed by atoms with E-state index in [2.05, 4.69) is 162 Å². The van der Waals surface area contributed by atoms with E-state index in [1.165, 1.54) is 42.0 Å². The number of hydrogen-bond donors (Lipinski definition) is 0. The van der Waals surface area contributed by atoms with Crippen LogP contribution in [0.25, 0.3) is 104 Å². The average Bonchev–Trinajstić information content (AvgIpc) is 3.84. The van der Waals surface area contributed by atoms with Crippen LogP contribution in [0.15, 0.2) is 194 Å². The summed E-state index contributed by atoms with van der Waals surface area (Å²) in [6.07, 6.45) is 0. The van der Waals surface area contributed by atoms with E-state index in [0.29, 0.717) is 17.5 Å². The number of benzene rings is 8. The van der Waals surface area contributed by atoms with Gasteiger partial charge in [-0.3, -0.25) is 0 Å². The molecule has 0 saturated heterocycles. The number of rotatable bonds is 6. The largest absolute Gasteiger partial charge is 0.308 e. The molecular weight excluding hydrogens is 701 g/mol. The van der Waals surface area contributed by atoms with Crippen LogP contribution in [-0.2, 0) is 0 Å². The number of fused-ring (bicyclic) bond motifs is 7. The summed E-state index contributed by atoms with van der Waals surface area (Å²) < 4.78 is 4.93. The van der Waals surface area contributed by atoms with Crippen molar-refractivity contribution in [3.05, 3.63) is 194 Å². The number of hydrogen-bond acceptors (Lipinski definition) is 4. The second kappa shape index (κ2) is 13.3. The Morgan fingerprint density at radius 1 is 0.339 bits per heavy atom. The molecule has 8 aromatic carbocycles. The average molecular weight is 733 g/mol. The molecule has 0 spiro atoms. The fraction of sp³-hybridized carbons (Fsp3) is 0. The molecule has 4 nitrogen and oxygen atoms in total. The molecule has 0 aliphatic heterocycles. The van der Waals surface area contributed by atoms with E-state index < -0.39 is 0 Å². The fourth-order valence-electron chi connectivity index (χ4n) is 8.06. The Kier molecular flexibility index (Phi) is 7.64. The molecule has 0 N–H and O–H groups in total. The highest BCUT2D eigenvalue weighted by Crippen LogP contribution is 2.47. The van der Waals surface area contributed by atoms with Crippen LogP contribution < -0.4 is 0 Å². The molecule has 0 amide bonds. The second-order valence-corrected chi connectivity index (χ2v) is 15.0. The van der Waals surface area contributed by atoms with Gasteiger partial charge in [-0.25, -0.2) is 15.0 Å². The van der Waals surface area contributed by atoms with Gasteiger partial charge in [0.2, 0.25) is 0 Å². The summed E-state index contributed by atoms with van der Waals surface area (Å²) in [7, 11) is 0. The topological polar surface area (TPSA) is 43.6 Å². The Bertz CT molecular complexity index is 3170. The van der Waals surface area contributed by atoms with Crippen LogP contribution in [0.1, 0.15) is 0 Å². The Hall–Kier alpha value is -7.21. The van der Waals surface area contributed by atoms with Crippen LogP contribution in [0, 0.1) is 0 Å². The lowest BCUT2D eigenvalue weighted by atomic mass is 9.93. The van der Waals surface area contributed by atoms with Crippen LogP contribution in [0.4, 0.5) is 0 Å². The zero-order valence-electron chi connectivity index (χ0n) is 30.2. The molecule has 0 fully saturated rings. The molecule has 11 aromatic rings. The molecule has 0 radical (unpaired) electrons. The van der Waals surface area contributed by atoms with Crippen LogP contribution in [0.5, 0.6) is 0 Å². The quantitative estimate of drug-likeness (QED) is 0.171. The third kappa shape index (κ3) is 5.32. The molecule has 56 heavy (non-hydrogen) atoms. The zero-order chi connectivity index (χ0) is 37.0. The van der Waals surface area contributed by atoms with Gasteiger partial charge in [0.1, 0.15) is 0 Å². The van der Waals surface area contributed by atoms with Gasteiger partial charge in [-0.1, -0.05) is 170 Å². The molecule has 0 aliphatic rings. The van der Waals surface area contributed by atoms with Crippen LogP contribution in [0.3, 0.4) is 0 Å². The smallest absolute Gasteiger partial charge is 0.164 e. The maximum Gasteiger partial charge on any atom is 0.164 e. The minimum atomic E-state index is 0.634. The first-order valence-corrected chi connectivity index (χ1v) is 19.6. The second-order valence-electron chi connectivity index (χ2n) is 14.0. The third-order valence-corrected chi connectivity index (χ3v) is 11.9. The van der Waals surface area contributed by atoms with Gasteiger partial charge in [0.05, 0.1) is 15.7 Å². The van der Waals surface area contributed by atoms with Gasteiger partial charge in [0.25, 0.3) is 0 Å². The molecule has 0 unspecified atom stereocenters. The number of nitrogens with zero attached hydrogens (tertiary/aromatic N) is 4. The summed E-state index contributed by atoms with van der Waals surface area (Å²) in [5.41, 5.74) is 10.9. The summed E-state index contributed by atoms with van der Waals surface area (Å²) in [5, 5.41) is 4.99. The van der Waals surface area contributed by atoms with Crippen molar-refractivity contribution in [3.8, 4) is 62.1 Å². The minimum Gasteiger partial charge on any atom is -0.308 e. The summed E-state index contributed by atoms with van der Waals surface area (Å²) in [4.78, 5) is 15.5. The predicted molar refractivity (Wildman–Crippen MR) is 234 cm³/mol. The highest BCUT2D eigenvalue weighted by atomic mass is 32.1. The van der Waals surface area contributed by atoms with E-state index in [0.717, 1.165) is 44.6 Å². The Morgan fingerprint density at radius 2 is 0.893 bits per heavy atom. The molecule has 11 rings (SSSR count). The minimum absolute atomic E-state index is 0.634. The number of aromatic nitrogens is 4. The zero-order valence-corrected chi connectivity index (χ0v) is 31.0. The van der Waals surface area contributed by atoms with Crippen molar-refractivity contribution < 1.29 is 0 Å². The fourth-order valence-corrected chi connectivity index (χ4v) is 9.43. The van der Waals surface area contributed by atoms with Crippen molar-refractivity contribution in [2.24, 2.45) is 0 Å². The van der Waals surface area contributed by atoms with Crippen molar-refractivity contribution in [2.75, 3.05) is 0 Å². The lowest BCUT2D eigenvalue weighted by molar-refractivity contribution is 1.07. The van der Waals surface area contributed by atoms with Crippen LogP contribution >= 0.6 is 11.3 Å².